The highest BCUT2D eigenvalue weighted by atomic mass is 35.5. The zero-order valence-corrected chi connectivity index (χ0v) is 17.3. The van der Waals surface area contributed by atoms with Gasteiger partial charge in [-0.15, -0.1) is 11.3 Å². The number of aryl methyl sites for hydroxylation is 1. The molecule has 3 rings (SSSR count). The van der Waals surface area contributed by atoms with Gasteiger partial charge in [0, 0.05) is 31.1 Å². The smallest absolute Gasteiger partial charge is 0.410 e. The molecule has 0 saturated carbocycles. The Labute approximate surface area is 163 Å². The summed E-state index contributed by atoms with van der Waals surface area (Å²) in [5.74, 6) is 0.863. The van der Waals surface area contributed by atoms with E-state index in [0.717, 1.165) is 35.4 Å². The predicted octanol–water partition coefficient (Wildman–Crippen LogP) is 4.35. The van der Waals surface area contributed by atoms with Crippen molar-refractivity contribution in [2.45, 2.75) is 46.1 Å². The summed E-state index contributed by atoms with van der Waals surface area (Å²) in [6, 6.07) is 2.15. The van der Waals surface area contributed by atoms with Gasteiger partial charge in [0.15, 0.2) is 0 Å². The number of halogens is 1. The van der Waals surface area contributed by atoms with Crippen LogP contribution in [-0.4, -0.2) is 52.7 Å². The van der Waals surface area contributed by atoms with Crippen LogP contribution in [0.1, 0.15) is 39.0 Å². The Morgan fingerprint density at radius 1 is 1.27 bits per heavy atom. The van der Waals surface area contributed by atoms with Crippen molar-refractivity contribution in [3.63, 3.8) is 0 Å². The minimum absolute atomic E-state index is 0.256. The first-order valence-electron chi connectivity index (χ1n) is 8.95. The van der Waals surface area contributed by atoms with Crippen LogP contribution in [0.4, 0.5) is 10.6 Å². The first-order chi connectivity index (χ1) is 12.3. The van der Waals surface area contributed by atoms with Crippen molar-refractivity contribution in [2.75, 3.05) is 31.1 Å². The highest BCUT2D eigenvalue weighted by Crippen LogP contribution is 2.32. The van der Waals surface area contributed by atoms with Crippen molar-refractivity contribution in [3.05, 3.63) is 16.2 Å². The maximum Gasteiger partial charge on any atom is 0.410 e. The molecule has 1 aliphatic heterocycles. The Morgan fingerprint density at radius 2 is 2.04 bits per heavy atom. The van der Waals surface area contributed by atoms with Gasteiger partial charge in [-0.2, -0.15) is 4.98 Å². The molecule has 6 nitrogen and oxygen atoms in total. The SMILES string of the molecule is CCc1cc2c(N3CCCN(C(=O)OC(C)(C)C)CC3)nc(Cl)nc2s1. The molecule has 0 N–H and O–H groups in total. The van der Waals surface area contributed by atoms with E-state index in [1.54, 1.807) is 16.2 Å². The van der Waals surface area contributed by atoms with Crippen molar-refractivity contribution in [2.24, 2.45) is 0 Å². The number of rotatable bonds is 2. The third kappa shape index (κ3) is 4.38. The molecule has 3 heterocycles. The molecule has 0 spiro atoms. The fourth-order valence-electron chi connectivity index (χ4n) is 2.98. The molecular weight excluding hydrogens is 372 g/mol. The van der Waals surface area contributed by atoms with Crippen molar-refractivity contribution in [3.8, 4) is 0 Å². The maximum atomic E-state index is 12.4. The summed E-state index contributed by atoms with van der Waals surface area (Å²) in [5.41, 5.74) is -0.483. The number of aromatic nitrogens is 2. The van der Waals surface area contributed by atoms with Gasteiger partial charge in [-0.1, -0.05) is 6.92 Å². The van der Waals surface area contributed by atoms with Gasteiger partial charge in [0.1, 0.15) is 16.2 Å². The average Bonchev–Trinajstić information content (AvgIpc) is 2.80. The summed E-state index contributed by atoms with van der Waals surface area (Å²) in [4.78, 5) is 27.4. The number of hydrogen-bond donors (Lipinski definition) is 0. The fraction of sp³-hybridized carbons (Fsp3) is 0.611. The van der Waals surface area contributed by atoms with Crippen LogP contribution in [-0.2, 0) is 11.2 Å². The van der Waals surface area contributed by atoms with Crippen LogP contribution in [0.5, 0.6) is 0 Å². The summed E-state index contributed by atoms with van der Waals surface area (Å²) in [6.07, 6.45) is 1.56. The monoisotopic (exact) mass is 396 g/mol. The predicted molar refractivity (Wildman–Crippen MR) is 106 cm³/mol. The van der Waals surface area contributed by atoms with E-state index in [1.165, 1.54) is 4.88 Å². The van der Waals surface area contributed by atoms with Gasteiger partial charge in [0.25, 0.3) is 0 Å². The number of carbonyl (C=O) groups is 1. The molecule has 1 amide bonds. The molecule has 8 heteroatoms. The molecule has 1 aliphatic rings. The molecule has 0 radical (unpaired) electrons. The molecule has 2 aromatic rings. The van der Waals surface area contributed by atoms with Crippen molar-refractivity contribution in [1.29, 1.82) is 0 Å². The van der Waals surface area contributed by atoms with Gasteiger partial charge < -0.3 is 14.5 Å². The quantitative estimate of drug-likeness (QED) is 0.706. The number of amides is 1. The highest BCUT2D eigenvalue weighted by Gasteiger charge is 2.26. The van der Waals surface area contributed by atoms with Crippen LogP contribution in [0.2, 0.25) is 5.28 Å². The van der Waals surface area contributed by atoms with Crippen molar-refractivity contribution in [1.82, 2.24) is 14.9 Å². The third-order valence-electron chi connectivity index (χ3n) is 4.19. The van der Waals surface area contributed by atoms with Crippen molar-refractivity contribution >= 4 is 45.1 Å². The molecule has 0 bridgehead atoms. The zero-order chi connectivity index (χ0) is 18.9. The Bertz CT molecular complexity index is 802. The summed E-state index contributed by atoms with van der Waals surface area (Å²) < 4.78 is 5.50. The van der Waals surface area contributed by atoms with Gasteiger partial charge in [0.2, 0.25) is 5.28 Å². The van der Waals surface area contributed by atoms with E-state index in [-0.39, 0.29) is 11.4 Å². The second kappa shape index (κ2) is 7.56. The lowest BCUT2D eigenvalue weighted by molar-refractivity contribution is 0.0263. The summed E-state index contributed by atoms with van der Waals surface area (Å²) in [5, 5.41) is 1.31. The second-order valence-corrected chi connectivity index (χ2v) is 8.86. The number of anilines is 1. The largest absolute Gasteiger partial charge is 0.444 e. The fourth-order valence-corrected chi connectivity index (χ4v) is 4.16. The van der Waals surface area contributed by atoms with Gasteiger partial charge in [0.05, 0.1) is 5.39 Å². The Hall–Kier alpha value is -1.60. The molecule has 142 valence electrons. The number of carbonyl (C=O) groups excluding carboxylic acids is 1. The Balaban J connectivity index is 1.80. The second-order valence-electron chi connectivity index (χ2n) is 7.41. The third-order valence-corrected chi connectivity index (χ3v) is 5.53. The van der Waals surface area contributed by atoms with E-state index >= 15 is 0 Å². The molecule has 0 atom stereocenters. The van der Waals surface area contributed by atoms with Crippen LogP contribution in [0.15, 0.2) is 6.07 Å². The Kier molecular flexibility index (Phi) is 5.58. The van der Waals surface area contributed by atoms with E-state index in [9.17, 15) is 4.79 Å². The zero-order valence-electron chi connectivity index (χ0n) is 15.7. The minimum atomic E-state index is -0.483. The van der Waals surface area contributed by atoms with Crippen LogP contribution in [0.3, 0.4) is 0 Å². The average molecular weight is 397 g/mol. The normalized spacial score (nSPS) is 16.0. The molecule has 2 aromatic heterocycles. The molecule has 1 saturated heterocycles. The minimum Gasteiger partial charge on any atom is -0.444 e. The number of hydrogen-bond acceptors (Lipinski definition) is 6. The summed E-state index contributed by atoms with van der Waals surface area (Å²) >= 11 is 7.82. The molecule has 0 aromatic carbocycles. The molecular formula is C18H25ClN4O2S. The lowest BCUT2D eigenvalue weighted by Gasteiger charge is -2.26. The molecule has 0 unspecified atom stereocenters. The van der Waals surface area contributed by atoms with Gasteiger partial charge in [-0.05, 0) is 51.3 Å². The Morgan fingerprint density at radius 3 is 2.73 bits per heavy atom. The number of nitrogens with zero attached hydrogens (tertiary/aromatic N) is 4. The number of thiophene rings is 1. The van der Waals surface area contributed by atoms with Gasteiger partial charge in [-0.25, -0.2) is 9.78 Å². The summed E-state index contributed by atoms with van der Waals surface area (Å²) in [6.45, 7) is 10.6. The standard InChI is InChI=1S/C18H25ClN4O2S/c1-5-12-11-13-14(20-16(19)21-15(13)26-12)22-7-6-8-23(10-9-22)17(24)25-18(2,3)4/h11H,5-10H2,1-4H3. The van der Waals surface area contributed by atoms with E-state index < -0.39 is 5.60 Å². The van der Waals surface area contributed by atoms with Crippen LogP contribution in [0.25, 0.3) is 10.2 Å². The van der Waals surface area contributed by atoms with E-state index in [0.29, 0.717) is 19.6 Å². The molecule has 26 heavy (non-hydrogen) atoms. The first-order valence-corrected chi connectivity index (χ1v) is 10.1. The van der Waals surface area contributed by atoms with Gasteiger partial charge >= 0.3 is 6.09 Å². The van der Waals surface area contributed by atoms with E-state index in [4.69, 9.17) is 16.3 Å². The lowest BCUT2D eigenvalue weighted by Crippen LogP contribution is -2.39. The molecule has 1 fully saturated rings. The first kappa shape index (κ1) is 19.2. The highest BCUT2D eigenvalue weighted by molar-refractivity contribution is 7.18. The van der Waals surface area contributed by atoms with Gasteiger partial charge in [-0.3, -0.25) is 0 Å². The topological polar surface area (TPSA) is 58.6 Å². The molecule has 0 aliphatic carbocycles. The lowest BCUT2D eigenvalue weighted by atomic mass is 10.2. The van der Waals surface area contributed by atoms with Crippen LogP contribution >= 0.6 is 22.9 Å². The number of ether oxygens (including phenoxy) is 1. The van der Waals surface area contributed by atoms with E-state index in [2.05, 4.69) is 27.9 Å². The van der Waals surface area contributed by atoms with Crippen molar-refractivity contribution < 1.29 is 9.53 Å². The van der Waals surface area contributed by atoms with E-state index in [1.807, 2.05) is 20.8 Å². The maximum absolute atomic E-state index is 12.4. The van der Waals surface area contributed by atoms with Crippen LogP contribution < -0.4 is 4.90 Å². The number of fused-ring (bicyclic) bond motifs is 1. The van der Waals surface area contributed by atoms with Crippen LogP contribution in [0, 0.1) is 0 Å². The summed E-state index contributed by atoms with van der Waals surface area (Å²) in [7, 11) is 0.